The Balaban J connectivity index is 1.98. The molecule has 21 heavy (non-hydrogen) atoms. The molecule has 1 unspecified atom stereocenters. The van der Waals surface area contributed by atoms with E-state index in [4.69, 9.17) is 0 Å². The minimum Gasteiger partial charge on any atom is -0.376 e. The van der Waals surface area contributed by atoms with Crippen LogP contribution in [0.4, 0.5) is 18.9 Å². The summed E-state index contributed by atoms with van der Waals surface area (Å²) < 4.78 is 39.0. The van der Waals surface area contributed by atoms with Gasteiger partial charge in [-0.1, -0.05) is 24.3 Å². The monoisotopic (exact) mass is 295 g/mol. The van der Waals surface area contributed by atoms with Crippen molar-refractivity contribution in [1.29, 1.82) is 0 Å². The number of alkyl halides is 3. The first kappa shape index (κ1) is 13.7. The van der Waals surface area contributed by atoms with Crippen LogP contribution in [0.5, 0.6) is 0 Å². The molecule has 0 amide bonds. The highest BCUT2D eigenvalue weighted by Crippen LogP contribution is 2.37. The molecule has 0 bridgehead atoms. The number of fused-ring (bicyclic) bond motifs is 1. The normalized spacial score (nSPS) is 17.6. The van der Waals surface area contributed by atoms with Crippen molar-refractivity contribution in [3.63, 3.8) is 0 Å². The van der Waals surface area contributed by atoms with Gasteiger partial charge >= 0.3 is 6.18 Å². The van der Waals surface area contributed by atoms with Crippen molar-refractivity contribution >= 4 is 5.69 Å². The molecule has 0 saturated carbocycles. The van der Waals surface area contributed by atoms with E-state index in [-0.39, 0.29) is 11.7 Å². The number of halogens is 3. The molecule has 110 valence electrons. The maximum absolute atomic E-state index is 13.0. The molecule has 1 aromatic carbocycles. The van der Waals surface area contributed by atoms with Crippen LogP contribution in [-0.4, -0.2) is 10.2 Å². The fraction of sp³-hybridized carbons (Fsp3) is 0.286. The van der Waals surface area contributed by atoms with Crippen LogP contribution < -0.4 is 10.9 Å². The Morgan fingerprint density at radius 3 is 2.81 bits per heavy atom. The molecular weight excluding hydrogens is 283 g/mol. The Morgan fingerprint density at radius 1 is 1.29 bits per heavy atom. The molecule has 0 aliphatic heterocycles. The van der Waals surface area contributed by atoms with Crippen molar-refractivity contribution in [3.8, 4) is 0 Å². The Morgan fingerprint density at radius 2 is 2.05 bits per heavy atom. The lowest BCUT2D eigenvalue weighted by Crippen LogP contribution is -2.25. The molecule has 1 atom stereocenters. The van der Waals surface area contributed by atoms with E-state index >= 15 is 0 Å². The van der Waals surface area contributed by atoms with Crippen LogP contribution in [0.15, 0.2) is 35.3 Å². The smallest absolute Gasteiger partial charge is 0.376 e. The number of aromatic nitrogens is 2. The number of hydrogen-bond acceptors (Lipinski definition) is 3. The lowest BCUT2D eigenvalue weighted by molar-refractivity contribution is -0.138. The zero-order chi connectivity index (χ0) is 15.0. The lowest BCUT2D eigenvalue weighted by atomic mass is 10.1. The fourth-order valence-corrected chi connectivity index (χ4v) is 2.68. The molecule has 2 N–H and O–H groups in total. The number of anilines is 1. The molecule has 1 aliphatic carbocycles. The maximum Gasteiger partial charge on any atom is 0.423 e. The summed E-state index contributed by atoms with van der Waals surface area (Å²) >= 11 is 0. The van der Waals surface area contributed by atoms with Crippen LogP contribution in [-0.2, 0) is 12.6 Å². The van der Waals surface area contributed by atoms with Gasteiger partial charge in [0.1, 0.15) is 5.56 Å². The zero-order valence-electron chi connectivity index (χ0n) is 10.9. The average Bonchev–Trinajstić information content (AvgIpc) is 2.81. The van der Waals surface area contributed by atoms with E-state index in [1.807, 2.05) is 29.4 Å². The van der Waals surface area contributed by atoms with E-state index in [1.165, 1.54) is 0 Å². The van der Waals surface area contributed by atoms with Gasteiger partial charge in [0, 0.05) is 0 Å². The third-order valence-electron chi connectivity index (χ3n) is 3.60. The topological polar surface area (TPSA) is 57.8 Å². The standard InChI is InChI=1S/C14H12F3N3O/c15-14(16,17)12-11(7-18-20-13(12)21)19-10-6-5-8-3-1-2-4-9(8)10/h1-4,7,10H,5-6H2,(H2,19,20,21). The SMILES string of the molecule is O=c1[nH]ncc(NC2CCc3ccccc32)c1C(F)(F)F. The molecule has 1 heterocycles. The van der Waals surface area contributed by atoms with Crippen LogP contribution in [0.3, 0.4) is 0 Å². The number of aryl methyl sites for hydroxylation is 1. The Kier molecular flexibility index (Phi) is 3.19. The summed E-state index contributed by atoms with van der Waals surface area (Å²) in [4.78, 5) is 11.4. The van der Waals surface area contributed by atoms with Gasteiger partial charge in [0.15, 0.2) is 0 Å². The summed E-state index contributed by atoms with van der Waals surface area (Å²) in [6.45, 7) is 0. The summed E-state index contributed by atoms with van der Waals surface area (Å²) in [6, 6.07) is 7.34. The molecule has 0 saturated heterocycles. The second kappa shape index (κ2) is 4.91. The second-order valence-electron chi connectivity index (χ2n) is 4.92. The van der Waals surface area contributed by atoms with Crippen molar-refractivity contribution in [1.82, 2.24) is 10.2 Å². The molecule has 4 nitrogen and oxygen atoms in total. The van der Waals surface area contributed by atoms with Crippen LogP contribution >= 0.6 is 0 Å². The van der Waals surface area contributed by atoms with Gasteiger partial charge in [-0.2, -0.15) is 18.3 Å². The zero-order valence-corrected chi connectivity index (χ0v) is 10.9. The van der Waals surface area contributed by atoms with Gasteiger partial charge < -0.3 is 5.32 Å². The molecule has 7 heteroatoms. The highest BCUT2D eigenvalue weighted by molar-refractivity contribution is 5.52. The van der Waals surface area contributed by atoms with Gasteiger partial charge in [0.2, 0.25) is 0 Å². The summed E-state index contributed by atoms with van der Waals surface area (Å²) in [5.74, 6) is 0. The fourth-order valence-electron chi connectivity index (χ4n) is 2.68. The lowest BCUT2D eigenvalue weighted by Gasteiger charge is -2.18. The van der Waals surface area contributed by atoms with E-state index in [9.17, 15) is 18.0 Å². The van der Waals surface area contributed by atoms with Gasteiger partial charge in [-0.25, -0.2) is 5.10 Å². The van der Waals surface area contributed by atoms with Crippen molar-refractivity contribution in [2.75, 3.05) is 5.32 Å². The molecule has 0 spiro atoms. The van der Waals surface area contributed by atoms with Gasteiger partial charge in [0.25, 0.3) is 5.56 Å². The third kappa shape index (κ3) is 2.51. The van der Waals surface area contributed by atoms with Gasteiger partial charge in [-0.3, -0.25) is 4.79 Å². The number of hydrogen-bond donors (Lipinski definition) is 2. The average molecular weight is 295 g/mol. The number of H-pyrrole nitrogens is 1. The first-order valence-electron chi connectivity index (χ1n) is 6.46. The van der Waals surface area contributed by atoms with Crippen LogP contribution in [0.25, 0.3) is 0 Å². The molecule has 0 radical (unpaired) electrons. The van der Waals surface area contributed by atoms with Crippen molar-refractivity contribution in [2.45, 2.75) is 25.1 Å². The predicted molar refractivity (Wildman–Crippen MR) is 71.0 cm³/mol. The van der Waals surface area contributed by atoms with Crippen molar-refractivity contribution in [2.24, 2.45) is 0 Å². The third-order valence-corrected chi connectivity index (χ3v) is 3.60. The Hall–Kier alpha value is -2.31. The van der Waals surface area contributed by atoms with E-state index in [0.29, 0.717) is 6.42 Å². The van der Waals surface area contributed by atoms with E-state index in [1.54, 1.807) is 0 Å². The number of benzene rings is 1. The van der Waals surface area contributed by atoms with Gasteiger partial charge in [0.05, 0.1) is 17.9 Å². The number of rotatable bonds is 2. The largest absolute Gasteiger partial charge is 0.423 e. The van der Waals surface area contributed by atoms with Gasteiger partial charge in [-0.15, -0.1) is 0 Å². The van der Waals surface area contributed by atoms with Crippen molar-refractivity contribution < 1.29 is 13.2 Å². The molecule has 0 fully saturated rings. The number of aromatic amines is 1. The quantitative estimate of drug-likeness (QED) is 0.895. The number of nitrogens with zero attached hydrogens (tertiary/aromatic N) is 1. The summed E-state index contributed by atoms with van der Waals surface area (Å²) in [5.41, 5.74) is -0.680. The Labute approximate surface area is 118 Å². The molecular formula is C14H12F3N3O. The van der Waals surface area contributed by atoms with E-state index < -0.39 is 17.3 Å². The first-order valence-corrected chi connectivity index (χ1v) is 6.46. The summed E-state index contributed by atoms with van der Waals surface area (Å²) in [5, 5.41) is 8.09. The summed E-state index contributed by atoms with van der Waals surface area (Å²) in [7, 11) is 0. The van der Waals surface area contributed by atoms with E-state index in [0.717, 1.165) is 23.7 Å². The maximum atomic E-state index is 13.0. The molecule has 1 aromatic heterocycles. The summed E-state index contributed by atoms with van der Waals surface area (Å²) in [6.07, 6.45) is -2.24. The number of nitrogens with one attached hydrogen (secondary N) is 2. The molecule has 2 aromatic rings. The minimum absolute atomic E-state index is 0.245. The molecule has 1 aliphatic rings. The first-order chi connectivity index (χ1) is 9.97. The highest BCUT2D eigenvalue weighted by Gasteiger charge is 2.38. The Bertz CT molecular complexity index is 724. The predicted octanol–water partition coefficient (Wildman–Crippen LogP) is 2.89. The highest BCUT2D eigenvalue weighted by atomic mass is 19.4. The second-order valence-corrected chi connectivity index (χ2v) is 4.92. The minimum atomic E-state index is -4.73. The van der Waals surface area contributed by atoms with Crippen LogP contribution in [0.1, 0.15) is 29.2 Å². The van der Waals surface area contributed by atoms with Crippen molar-refractivity contribution in [3.05, 3.63) is 57.5 Å². The molecule has 3 rings (SSSR count). The van der Waals surface area contributed by atoms with Crippen LogP contribution in [0.2, 0.25) is 0 Å². The van der Waals surface area contributed by atoms with Gasteiger partial charge in [-0.05, 0) is 24.0 Å². The van der Waals surface area contributed by atoms with Crippen LogP contribution in [0, 0.1) is 0 Å². The van der Waals surface area contributed by atoms with E-state index in [2.05, 4.69) is 10.4 Å².